The van der Waals surface area contributed by atoms with Crippen LogP contribution in [0.5, 0.6) is 0 Å². The lowest BCUT2D eigenvalue weighted by Crippen LogP contribution is -2.30. The van der Waals surface area contributed by atoms with Gasteiger partial charge in [0.1, 0.15) is 19.3 Å². The van der Waals surface area contributed by atoms with Crippen molar-refractivity contribution in [2.45, 2.75) is 393 Å². The van der Waals surface area contributed by atoms with Gasteiger partial charge in [0, 0.05) is 25.7 Å². The van der Waals surface area contributed by atoms with Crippen LogP contribution in [0, 0.1) is 5.92 Å². The van der Waals surface area contributed by atoms with Crippen LogP contribution in [0.2, 0.25) is 0 Å². The molecule has 0 saturated heterocycles. The summed E-state index contributed by atoms with van der Waals surface area (Å²) >= 11 is 0. The molecule has 0 aromatic rings. The van der Waals surface area contributed by atoms with Crippen LogP contribution in [0.4, 0.5) is 0 Å². The molecule has 0 saturated carbocycles. The van der Waals surface area contributed by atoms with Gasteiger partial charge in [-0.3, -0.25) is 37.3 Å². The third-order valence-corrected chi connectivity index (χ3v) is 19.0. The Morgan fingerprint density at radius 2 is 0.527 bits per heavy atom. The number of hydrogen-bond donors (Lipinski definition) is 3. The first-order chi connectivity index (χ1) is 44.1. The molecule has 0 aromatic heterocycles. The Kier molecular flexibility index (Phi) is 64.0. The summed E-state index contributed by atoms with van der Waals surface area (Å²) in [5.41, 5.74) is 0. The fourth-order valence-electron chi connectivity index (χ4n) is 11.0. The van der Waals surface area contributed by atoms with Gasteiger partial charge in [0.25, 0.3) is 0 Å². The van der Waals surface area contributed by atoms with Gasteiger partial charge in [-0.2, -0.15) is 0 Å². The molecular weight excluding hydrogens is 1200 g/mol. The highest BCUT2D eigenvalue weighted by atomic mass is 31.2. The number of phosphoric acid groups is 2. The zero-order chi connectivity index (χ0) is 67.0. The minimum Gasteiger partial charge on any atom is -0.462 e. The number of esters is 4. The van der Waals surface area contributed by atoms with Crippen LogP contribution in [0.1, 0.15) is 375 Å². The first-order valence-corrected chi connectivity index (χ1v) is 40.7. The average Bonchev–Trinajstić information content (AvgIpc) is 3.16. The number of carbonyl (C=O) groups excluding carboxylic acids is 4. The zero-order valence-corrected chi connectivity index (χ0v) is 60.8. The predicted molar refractivity (Wildman–Crippen MR) is 368 cm³/mol. The van der Waals surface area contributed by atoms with Crippen LogP contribution in [0.15, 0.2) is 0 Å². The highest BCUT2D eigenvalue weighted by Crippen LogP contribution is 2.45. The molecule has 91 heavy (non-hydrogen) atoms. The van der Waals surface area contributed by atoms with Gasteiger partial charge in [0.05, 0.1) is 26.4 Å². The van der Waals surface area contributed by atoms with Crippen molar-refractivity contribution in [3.8, 4) is 0 Å². The second-order valence-electron chi connectivity index (χ2n) is 26.2. The van der Waals surface area contributed by atoms with Crippen LogP contribution in [-0.2, 0) is 65.4 Å². The van der Waals surface area contributed by atoms with Crippen molar-refractivity contribution >= 4 is 39.5 Å². The number of carbonyl (C=O) groups is 4. The summed E-state index contributed by atoms with van der Waals surface area (Å²) in [6, 6.07) is 0. The van der Waals surface area contributed by atoms with Crippen molar-refractivity contribution in [3.05, 3.63) is 0 Å². The summed E-state index contributed by atoms with van der Waals surface area (Å²) in [5, 5.41) is 10.6. The molecular formula is C72H140O17P2. The molecule has 0 spiro atoms. The van der Waals surface area contributed by atoms with E-state index >= 15 is 0 Å². The molecule has 0 heterocycles. The van der Waals surface area contributed by atoms with E-state index in [-0.39, 0.29) is 25.7 Å². The fraction of sp³-hybridized carbons (Fsp3) is 0.944. The van der Waals surface area contributed by atoms with Crippen molar-refractivity contribution in [2.24, 2.45) is 5.92 Å². The predicted octanol–water partition coefficient (Wildman–Crippen LogP) is 20.9. The zero-order valence-electron chi connectivity index (χ0n) is 59.0. The van der Waals surface area contributed by atoms with E-state index in [4.69, 9.17) is 37.0 Å². The lowest BCUT2D eigenvalue weighted by Gasteiger charge is -2.21. The van der Waals surface area contributed by atoms with Gasteiger partial charge in [-0.25, -0.2) is 9.13 Å². The van der Waals surface area contributed by atoms with E-state index in [9.17, 15) is 43.2 Å². The number of aliphatic hydroxyl groups excluding tert-OH is 1. The molecule has 0 radical (unpaired) electrons. The van der Waals surface area contributed by atoms with Crippen LogP contribution < -0.4 is 0 Å². The summed E-state index contributed by atoms with van der Waals surface area (Å²) in [6.45, 7) is 7.23. The smallest absolute Gasteiger partial charge is 0.462 e. The minimum atomic E-state index is -4.95. The molecule has 0 aliphatic carbocycles. The number of rotatable bonds is 72. The molecule has 17 nitrogen and oxygen atoms in total. The molecule has 0 bridgehead atoms. The first-order valence-electron chi connectivity index (χ1n) is 37.7. The summed E-state index contributed by atoms with van der Waals surface area (Å²) in [5.74, 6) is -1.32. The molecule has 0 aromatic carbocycles. The van der Waals surface area contributed by atoms with E-state index in [1.165, 1.54) is 186 Å². The summed E-state index contributed by atoms with van der Waals surface area (Å²) in [4.78, 5) is 72.4. The monoisotopic (exact) mass is 1340 g/mol. The molecule has 540 valence electrons. The molecule has 3 N–H and O–H groups in total. The lowest BCUT2D eigenvalue weighted by atomic mass is 9.99. The van der Waals surface area contributed by atoms with Gasteiger partial charge in [-0.1, -0.05) is 324 Å². The van der Waals surface area contributed by atoms with Gasteiger partial charge < -0.3 is 33.8 Å². The quantitative estimate of drug-likeness (QED) is 0.0222. The van der Waals surface area contributed by atoms with Crippen molar-refractivity contribution < 1.29 is 80.2 Å². The highest BCUT2D eigenvalue weighted by Gasteiger charge is 2.30. The second kappa shape index (κ2) is 65.4. The third kappa shape index (κ3) is 65.1. The third-order valence-electron chi connectivity index (χ3n) is 17.1. The SMILES string of the molecule is CCCCCCCCCCCCCCCCCCCCCCCC(=O)O[C@H](COC(=O)CCCCCCCCCCCCC(C)CC)COP(=O)(O)OC[C@@H](O)COP(=O)(O)OC[C@@H](COC(=O)CCCCCCCCCC)OC(=O)CCCCCCCCCC. The summed E-state index contributed by atoms with van der Waals surface area (Å²) < 4.78 is 68.2. The normalized spacial score (nSPS) is 14.3. The minimum absolute atomic E-state index is 0.105. The van der Waals surface area contributed by atoms with Gasteiger partial charge in [0.2, 0.25) is 0 Å². The Morgan fingerprint density at radius 1 is 0.308 bits per heavy atom. The topological polar surface area (TPSA) is 237 Å². The second-order valence-corrected chi connectivity index (χ2v) is 29.1. The molecule has 6 atom stereocenters. The maximum atomic E-state index is 13.1. The number of hydrogen-bond acceptors (Lipinski definition) is 15. The van der Waals surface area contributed by atoms with Gasteiger partial charge in [0.15, 0.2) is 12.2 Å². The van der Waals surface area contributed by atoms with E-state index < -0.39 is 97.5 Å². The van der Waals surface area contributed by atoms with Crippen molar-refractivity contribution in [3.63, 3.8) is 0 Å². The number of aliphatic hydroxyl groups is 1. The van der Waals surface area contributed by atoms with Crippen LogP contribution in [0.25, 0.3) is 0 Å². The summed E-state index contributed by atoms with van der Waals surface area (Å²) in [7, 11) is -9.89. The Hall–Kier alpha value is -1.94. The molecule has 0 rings (SSSR count). The van der Waals surface area contributed by atoms with E-state index in [2.05, 4.69) is 34.6 Å². The van der Waals surface area contributed by atoms with Crippen LogP contribution in [0.3, 0.4) is 0 Å². The molecule has 0 fully saturated rings. The number of phosphoric ester groups is 2. The van der Waals surface area contributed by atoms with Gasteiger partial charge in [-0.15, -0.1) is 0 Å². The van der Waals surface area contributed by atoms with E-state index in [0.717, 1.165) is 109 Å². The van der Waals surface area contributed by atoms with Crippen LogP contribution >= 0.6 is 15.6 Å². The largest absolute Gasteiger partial charge is 0.472 e. The van der Waals surface area contributed by atoms with E-state index in [0.29, 0.717) is 25.7 Å². The van der Waals surface area contributed by atoms with Crippen LogP contribution in [-0.4, -0.2) is 96.7 Å². The molecule has 0 aliphatic rings. The standard InChI is InChI=1S/C72H140O17P2/c1-6-10-13-16-19-22-23-24-25-26-27-28-29-30-31-32-33-38-43-48-53-58-72(77)89-68(62-83-70(75)56-51-46-42-37-35-34-36-39-44-49-54-65(5)9-4)64-87-91(80,81)85-60-66(73)59-84-90(78,79)86-63-67(88-71(76)57-52-47-41-21-18-15-12-8-3)61-82-69(74)55-50-45-40-20-17-14-11-7-2/h65-68,73H,6-64H2,1-5H3,(H,78,79)(H,80,81)/t65?,66-,67+,68+/m0/s1. The molecule has 19 heteroatoms. The average molecular weight is 1340 g/mol. The van der Waals surface area contributed by atoms with Gasteiger partial charge >= 0.3 is 39.5 Å². The Bertz CT molecular complexity index is 1760. The van der Waals surface area contributed by atoms with Gasteiger partial charge in [-0.05, 0) is 31.6 Å². The molecule has 0 aliphatic heterocycles. The fourth-order valence-corrected chi connectivity index (χ4v) is 12.5. The Morgan fingerprint density at radius 3 is 0.780 bits per heavy atom. The molecule has 0 amide bonds. The van der Waals surface area contributed by atoms with Crippen molar-refractivity contribution in [1.82, 2.24) is 0 Å². The number of unbranched alkanes of at least 4 members (excludes halogenated alkanes) is 43. The maximum absolute atomic E-state index is 13.1. The lowest BCUT2D eigenvalue weighted by molar-refractivity contribution is -0.161. The summed E-state index contributed by atoms with van der Waals surface area (Å²) in [6.07, 6.45) is 52.9. The molecule has 3 unspecified atom stereocenters. The van der Waals surface area contributed by atoms with E-state index in [1.807, 2.05) is 0 Å². The maximum Gasteiger partial charge on any atom is 0.472 e. The number of ether oxygens (including phenoxy) is 4. The highest BCUT2D eigenvalue weighted by molar-refractivity contribution is 7.47. The van der Waals surface area contributed by atoms with E-state index in [1.54, 1.807) is 0 Å². The van der Waals surface area contributed by atoms with Crippen molar-refractivity contribution in [1.29, 1.82) is 0 Å². The first kappa shape index (κ1) is 89.1. The Balaban J connectivity index is 5.14. The Labute approximate surface area is 556 Å². The van der Waals surface area contributed by atoms with Crippen molar-refractivity contribution in [2.75, 3.05) is 39.6 Å².